The van der Waals surface area contributed by atoms with Gasteiger partial charge in [-0.15, -0.1) is 0 Å². The van der Waals surface area contributed by atoms with Crippen molar-refractivity contribution in [3.8, 4) is 0 Å². The minimum Gasteiger partial charge on any atom is -0.368 e. The number of H-pyrrole nitrogens is 1. The lowest BCUT2D eigenvalue weighted by Gasteiger charge is -2.29. The molecule has 1 saturated carbocycles. The summed E-state index contributed by atoms with van der Waals surface area (Å²) >= 11 is 1.16. The van der Waals surface area contributed by atoms with Gasteiger partial charge in [0.1, 0.15) is 21.8 Å². The fourth-order valence-corrected chi connectivity index (χ4v) is 4.70. The van der Waals surface area contributed by atoms with Crippen molar-refractivity contribution in [1.29, 1.82) is 0 Å². The lowest BCUT2D eigenvalue weighted by Crippen LogP contribution is -2.34. The number of hydrogen-bond acceptors (Lipinski definition) is 5. The van der Waals surface area contributed by atoms with Crippen LogP contribution in [-0.2, 0) is 4.79 Å². The highest BCUT2D eigenvalue weighted by molar-refractivity contribution is 7.12. The van der Waals surface area contributed by atoms with Crippen molar-refractivity contribution in [2.24, 2.45) is 0 Å². The minimum atomic E-state index is -0.489. The van der Waals surface area contributed by atoms with E-state index in [2.05, 4.69) is 4.37 Å². The molecule has 0 radical (unpaired) electrons. The van der Waals surface area contributed by atoms with E-state index in [0.29, 0.717) is 42.0 Å². The van der Waals surface area contributed by atoms with Crippen LogP contribution in [0.3, 0.4) is 0 Å². The van der Waals surface area contributed by atoms with Crippen LogP contribution in [0.2, 0.25) is 0 Å². The van der Waals surface area contributed by atoms with Gasteiger partial charge in [0.25, 0.3) is 5.56 Å². The van der Waals surface area contributed by atoms with Crippen molar-refractivity contribution in [2.45, 2.75) is 31.7 Å². The van der Waals surface area contributed by atoms with Gasteiger partial charge in [-0.05, 0) is 36.5 Å². The van der Waals surface area contributed by atoms with Crippen molar-refractivity contribution in [1.82, 2.24) is 8.94 Å². The quantitative estimate of drug-likeness (QED) is 0.749. The second-order valence-corrected chi connectivity index (χ2v) is 7.79. The summed E-state index contributed by atoms with van der Waals surface area (Å²) in [5, 5.41) is 0.354. The number of nitrogens with one attached hydrogen (secondary N) is 1. The topological polar surface area (TPSA) is 75.2 Å². The smallest absolute Gasteiger partial charge is 0.271 e. The molecule has 0 bridgehead atoms. The number of fused-ring (bicyclic) bond motifs is 2. The average molecular weight is 373 g/mol. The summed E-state index contributed by atoms with van der Waals surface area (Å²) in [6, 6.07) is 3.19. The molecule has 8 heteroatoms. The van der Waals surface area contributed by atoms with E-state index >= 15 is 0 Å². The van der Waals surface area contributed by atoms with Gasteiger partial charge >= 0.3 is 0 Å². The minimum absolute atomic E-state index is 0.116. The number of hydrogen-bond donors (Lipinski definition) is 1. The maximum Gasteiger partial charge on any atom is 0.271 e. The van der Waals surface area contributed by atoms with Crippen molar-refractivity contribution in [3.63, 3.8) is 0 Å². The first-order valence-corrected chi connectivity index (χ1v) is 9.52. The highest BCUT2D eigenvalue weighted by Crippen LogP contribution is 2.40. The Labute approximate surface area is 151 Å². The molecular formula is C18H16FN3O3S. The number of Topliss-reactive ketones (excluding diaryl/α,β-unsaturated/α-hetero) is 1. The van der Waals surface area contributed by atoms with Gasteiger partial charge in [0.15, 0.2) is 0 Å². The third-order valence-corrected chi connectivity index (χ3v) is 6.15. The van der Waals surface area contributed by atoms with Crippen LogP contribution in [0.15, 0.2) is 21.7 Å². The third kappa shape index (κ3) is 2.25. The van der Waals surface area contributed by atoms with E-state index in [-0.39, 0.29) is 22.6 Å². The first-order valence-electron chi connectivity index (χ1n) is 8.70. The number of benzene rings is 1. The zero-order chi connectivity index (χ0) is 18.0. The number of pyridine rings is 1. The number of piperidine rings is 1. The molecule has 3 heterocycles. The molecule has 1 N–H and O–H groups in total. The summed E-state index contributed by atoms with van der Waals surface area (Å²) in [4.78, 5) is 38.8. The van der Waals surface area contributed by atoms with Crippen LogP contribution in [0, 0.1) is 5.82 Å². The highest BCUT2D eigenvalue weighted by atomic mass is 32.1. The molecule has 26 heavy (non-hydrogen) atoms. The van der Waals surface area contributed by atoms with Crippen molar-refractivity contribution in [2.75, 3.05) is 18.0 Å². The molecule has 0 atom stereocenters. The fraction of sp³-hybridized carbons (Fsp3) is 0.389. The van der Waals surface area contributed by atoms with Crippen LogP contribution in [0.25, 0.3) is 21.1 Å². The number of carbonyl (C=O) groups is 1. The largest absolute Gasteiger partial charge is 0.368 e. The third-order valence-electron chi connectivity index (χ3n) is 5.27. The molecule has 1 aromatic carbocycles. The molecule has 3 aromatic rings. The van der Waals surface area contributed by atoms with E-state index in [4.69, 9.17) is 0 Å². The highest BCUT2D eigenvalue weighted by Gasteiger charge is 2.30. The molecule has 0 spiro atoms. The standard InChI is InChI=1S/C18H16FN3O3S/c19-12-7-11-13(8-14(12)21-5-3-10(23)4-6-21)22(9-1-2-9)18-15(16(11)24)17(25)20-26-18/h7-9H,1-6H2,(H,20,25). The van der Waals surface area contributed by atoms with Crippen LogP contribution < -0.4 is 15.9 Å². The predicted molar refractivity (Wildman–Crippen MR) is 98.9 cm³/mol. The molecule has 2 aromatic heterocycles. The van der Waals surface area contributed by atoms with Gasteiger partial charge in [0, 0.05) is 37.4 Å². The van der Waals surface area contributed by atoms with Crippen molar-refractivity contribution < 1.29 is 9.18 Å². The van der Waals surface area contributed by atoms with Gasteiger partial charge in [-0.3, -0.25) is 18.8 Å². The Hall–Kier alpha value is -2.48. The number of aromatic amines is 1. The first kappa shape index (κ1) is 15.7. The number of aromatic nitrogens is 2. The molecule has 0 amide bonds. The Kier molecular flexibility index (Phi) is 3.34. The second-order valence-electron chi connectivity index (χ2n) is 6.99. The average Bonchev–Trinajstić information content (AvgIpc) is 3.39. The van der Waals surface area contributed by atoms with E-state index < -0.39 is 16.8 Å². The summed E-state index contributed by atoms with van der Waals surface area (Å²) in [6.45, 7) is 0.962. The monoisotopic (exact) mass is 373 g/mol. The van der Waals surface area contributed by atoms with Gasteiger partial charge in [0.05, 0.1) is 11.2 Å². The summed E-state index contributed by atoms with van der Waals surface area (Å²) in [5.74, 6) is -0.298. The molecule has 134 valence electrons. The summed E-state index contributed by atoms with van der Waals surface area (Å²) < 4.78 is 19.4. The number of anilines is 1. The SMILES string of the molecule is O=C1CCN(c2cc3c(cc2F)c(=O)c2c(=O)[nH]sc2n3C2CC2)CC1. The van der Waals surface area contributed by atoms with E-state index in [9.17, 15) is 18.8 Å². The van der Waals surface area contributed by atoms with Crippen LogP contribution in [0.1, 0.15) is 31.7 Å². The van der Waals surface area contributed by atoms with E-state index in [1.165, 1.54) is 6.07 Å². The normalized spacial score (nSPS) is 18.2. The Bertz CT molecular complexity index is 1180. The number of nitrogens with zero attached hydrogens (tertiary/aromatic N) is 2. The van der Waals surface area contributed by atoms with E-state index in [1.54, 1.807) is 6.07 Å². The Morgan fingerprint density at radius 1 is 1.12 bits per heavy atom. The summed E-state index contributed by atoms with van der Waals surface area (Å²) in [5.41, 5.74) is 0.244. The molecule has 1 aliphatic carbocycles. The molecule has 1 aliphatic heterocycles. The number of halogens is 1. The summed E-state index contributed by atoms with van der Waals surface area (Å²) in [6.07, 6.45) is 2.77. The van der Waals surface area contributed by atoms with Gasteiger partial charge in [-0.2, -0.15) is 0 Å². The maximum absolute atomic E-state index is 14.8. The lowest BCUT2D eigenvalue weighted by molar-refractivity contribution is -0.119. The number of ketones is 1. The van der Waals surface area contributed by atoms with E-state index in [0.717, 1.165) is 24.4 Å². The first-order chi connectivity index (χ1) is 12.5. The molecule has 2 aliphatic rings. The van der Waals surface area contributed by atoms with E-state index in [1.807, 2.05) is 9.47 Å². The predicted octanol–water partition coefficient (Wildman–Crippen LogP) is 2.55. The zero-order valence-corrected chi connectivity index (χ0v) is 14.7. The number of carbonyl (C=O) groups excluding carboxylic acids is 1. The lowest BCUT2D eigenvalue weighted by atomic mass is 10.1. The van der Waals surface area contributed by atoms with Gasteiger partial charge in [-0.25, -0.2) is 4.39 Å². The molecular weight excluding hydrogens is 357 g/mol. The van der Waals surface area contributed by atoms with Crippen molar-refractivity contribution in [3.05, 3.63) is 38.5 Å². The Morgan fingerprint density at radius 3 is 2.54 bits per heavy atom. The van der Waals surface area contributed by atoms with Gasteiger partial charge in [0.2, 0.25) is 5.43 Å². The van der Waals surface area contributed by atoms with Crippen LogP contribution in [-0.4, -0.2) is 27.8 Å². The molecule has 5 rings (SSSR count). The second kappa shape index (κ2) is 5.51. The zero-order valence-electron chi connectivity index (χ0n) is 13.9. The molecule has 2 fully saturated rings. The van der Waals surface area contributed by atoms with Gasteiger partial charge < -0.3 is 9.47 Å². The van der Waals surface area contributed by atoms with Crippen LogP contribution in [0.5, 0.6) is 0 Å². The molecule has 1 saturated heterocycles. The Morgan fingerprint density at radius 2 is 1.85 bits per heavy atom. The maximum atomic E-state index is 14.8. The molecule has 0 unspecified atom stereocenters. The van der Waals surface area contributed by atoms with Crippen molar-refractivity contribution >= 4 is 44.1 Å². The van der Waals surface area contributed by atoms with Crippen LogP contribution >= 0.6 is 11.5 Å². The summed E-state index contributed by atoms with van der Waals surface area (Å²) in [7, 11) is 0. The Balaban J connectivity index is 1.81. The number of rotatable bonds is 2. The van der Waals surface area contributed by atoms with Crippen LogP contribution in [0.4, 0.5) is 10.1 Å². The van der Waals surface area contributed by atoms with Gasteiger partial charge in [-0.1, -0.05) is 0 Å². The fourth-order valence-electron chi connectivity index (χ4n) is 3.77. The molecule has 6 nitrogen and oxygen atoms in total.